The summed E-state index contributed by atoms with van der Waals surface area (Å²) in [6.07, 6.45) is 10.2. The zero-order valence-electron chi connectivity index (χ0n) is 16.4. The largest absolute Gasteiger partial charge is 0.481 e. The first-order chi connectivity index (χ1) is 14.7. The van der Waals surface area contributed by atoms with E-state index >= 15 is 0 Å². The molecule has 0 atom stereocenters. The predicted molar refractivity (Wildman–Crippen MR) is 108 cm³/mol. The van der Waals surface area contributed by atoms with Crippen LogP contribution in [-0.4, -0.2) is 58.0 Å². The van der Waals surface area contributed by atoms with Crippen molar-refractivity contribution in [2.24, 2.45) is 0 Å². The second-order valence-electron chi connectivity index (χ2n) is 7.26. The third kappa shape index (κ3) is 3.54. The number of anilines is 2. The Balaban J connectivity index is 1.37. The number of aliphatic hydroxyl groups is 1. The van der Waals surface area contributed by atoms with Crippen molar-refractivity contribution >= 4 is 22.8 Å². The molecule has 4 heterocycles. The lowest BCUT2D eigenvalue weighted by Crippen LogP contribution is -2.21. The second-order valence-corrected chi connectivity index (χ2v) is 7.26. The van der Waals surface area contributed by atoms with E-state index in [1.54, 1.807) is 36.4 Å². The molecule has 30 heavy (non-hydrogen) atoms. The minimum absolute atomic E-state index is 0.186. The first-order valence-corrected chi connectivity index (χ1v) is 9.78. The number of pyridine rings is 1. The van der Waals surface area contributed by atoms with Gasteiger partial charge in [-0.25, -0.2) is 9.97 Å². The number of aromatic nitrogens is 8. The Morgan fingerprint density at radius 3 is 2.73 bits per heavy atom. The number of methoxy groups -OCH3 is 1. The fraction of sp³-hybridized carbons (Fsp3) is 0.368. The summed E-state index contributed by atoms with van der Waals surface area (Å²) in [6, 6.07) is 3.89. The van der Waals surface area contributed by atoms with E-state index in [-0.39, 0.29) is 6.10 Å². The van der Waals surface area contributed by atoms with Gasteiger partial charge in [-0.15, -0.1) is 5.10 Å². The molecule has 11 heteroatoms. The van der Waals surface area contributed by atoms with Crippen LogP contribution in [0.15, 0.2) is 36.9 Å². The molecule has 0 unspecified atom stereocenters. The minimum Gasteiger partial charge on any atom is -0.481 e. The van der Waals surface area contributed by atoms with Crippen LogP contribution in [-0.2, 0) is 0 Å². The van der Waals surface area contributed by atoms with Crippen LogP contribution in [0, 0.1) is 0 Å². The highest BCUT2D eigenvalue weighted by Gasteiger charge is 2.21. The van der Waals surface area contributed by atoms with Gasteiger partial charge in [0.05, 0.1) is 49.2 Å². The second kappa shape index (κ2) is 7.67. The van der Waals surface area contributed by atoms with Crippen LogP contribution in [0.5, 0.6) is 5.88 Å². The number of aliphatic hydroxyl groups excluding tert-OH is 1. The smallest absolute Gasteiger partial charge is 0.229 e. The van der Waals surface area contributed by atoms with Crippen molar-refractivity contribution in [2.45, 2.75) is 37.8 Å². The standard InChI is InChI=1S/C19H21N9O2/c1-30-17-7-4-14(9-20-17)28-18-16(25-26-28)10-21-19(24-18)23-12-8-22-27(11-12)13-2-5-15(29)6-3-13/h4,7-11,13,15,29H,2-3,5-6H2,1H3,(H,21,23,24)/t13-,15+. The summed E-state index contributed by atoms with van der Waals surface area (Å²) in [4.78, 5) is 13.1. The van der Waals surface area contributed by atoms with Gasteiger partial charge >= 0.3 is 0 Å². The van der Waals surface area contributed by atoms with E-state index in [4.69, 9.17) is 4.74 Å². The number of nitrogens with one attached hydrogen (secondary N) is 1. The monoisotopic (exact) mass is 407 g/mol. The number of hydrogen-bond acceptors (Lipinski definition) is 9. The predicted octanol–water partition coefficient (Wildman–Crippen LogP) is 2.03. The average Bonchev–Trinajstić information content (AvgIpc) is 3.41. The molecular weight excluding hydrogens is 386 g/mol. The van der Waals surface area contributed by atoms with Crippen molar-refractivity contribution in [2.75, 3.05) is 12.4 Å². The lowest BCUT2D eigenvalue weighted by molar-refractivity contribution is 0.108. The summed E-state index contributed by atoms with van der Waals surface area (Å²) in [6.45, 7) is 0. The molecule has 5 rings (SSSR count). The maximum Gasteiger partial charge on any atom is 0.229 e. The highest BCUT2D eigenvalue weighted by Crippen LogP contribution is 2.29. The molecule has 154 valence electrons. The quantitative estimate of drug-likeness (QED) is 0.510. The number of nitrogens with zero attached hydrogens (tertiary/aromatic N) is 8. The number of fused-ring (bicyclic) bond motifs is 1. The Hall–Kier alpha value is -3.60. The van der Waals surface area contributed by atoms with Gasteiger partial charge in [0.25, 0.3) is 0 Å². The fourth-order valence-electron chi connectivity index (χ4n) is 3.63. The maximum absolute atomic E-state index is 9.69. The van der Waals surface area contributed by atoms with Gasteiger partial charge < -0.3 is 15.2 Å². The molecule has 1 fully saturated rings. The van der Waals surface area contributed by atoms with E-state index in [1.807, 2.05) is 16.9 Å². The molecule has 0 saturated heterocycles. The van der Waals surface area contributed by atoms with E-state index in [0.717, 1.165) is 37.1 Å². The van der Waals surface area contributed by atoms with Gasteiger partial charge in [0, 0.05) is 12.3 Å². The van der Waals surface area contributed by atoms with Crippen LogP contribution >= 0.6 is 0 Å². The fourth-order valence-corrected chi connectivity index (χ4v) is 3.63. The van der Waals surface area contributed by atoms with Crippen molar-refractivity contribution in [3.63, 3.8) is 0 Å². The molecule has 1 aliphatic carbocycles. The van der Waals surface area contributed by atoms with Crippen molar-refractivity contribution in [3.05, 3.63) is 36.9 Å². The van der Waals surface area contributed by atoms with Gasteiger partial charge in [-0.3, -0.25) is 4.68 Å². The lowest BCUT2D eigenvalue weighted by atomic mass is 9.93. The molecule has 4 aromatic rings. The Morgan fingerprint density at radius 2 is 1.97 bits per heavy atom. The van der Waals surface area contributed by atoms with Gasteiger partial charge in [0.2, 0.25) is 11.8 Å². The molecule has 0 amide bonds. The highest BCUT2D eigenvalue weighted by molar-refractivity contribution is 5.72. The van der Waals surface area contributed by atoms with Crippen LogP contribution in [0.2, 0.25) is 0 Å². The minimum atomic E-state index is -0.186. The molecule has 1 aliphatic rings. The van der Waals surface area contributed by atoms with E-state index in [0.29, 0.717) is 29.0 Å². The van der Waals surface area contributed by atoms with Gasteiger partial charge in [-0.1, -0.05) is 5.21 Å². The lowest BCUT2D eigenvalue weighted by Gasteiger charge is -2.25. The van der Waals surface area contributed by atoms with Crippen LogP contribution < -0.4 is 10.1 Å². The van der Waals surface area contributed by atoms with E-state index in [1.165, 1.54) is 0 Å². The Kier molecular flexibility index (Phi) is 4.71. The zero-order valence-corrected chi connectivity index (χ0v) is 16.4. The number of hydrogen-bond donors (Lipinski definition) is 2. The summed E-state index contributed by atoms with van der Waals surface area (Å²) >= 11 is 0. The molecule has 0 spiro atoms. The SMILES string of the molecule is COc1ccc(-n2nnc3cnc(Nc4cnn([C@H]5CC[C@@H](O)CC5)c4)nc32)cn1. The van der Waals surface area contributed by atoms with Gasteiger partial charge in [0.15, 0.2) is 11.2 Å². The summed E-state index contributed by atoms with van der Waals surface area (Å²) in [7, 11) is 1.57. The molecule has 2 N–H and O–H groups in total. The Labute approximate surface area is 171 Å². The summed E-state index contributed by atoms with van der Waals surface area (Å²) < 4.78 is 8.65. The van der Waals surface area contributed by atoms with Crippen molar-refractivity contribution < 1.29 is 9.84 Å². The molecule has 0 radical (unpaired) electrons. The summed E-state index contributed by atoms with van der Waals surface area (Å²) in [5.41, 5.74) is 2.65. The molecule has 0 aromatic carbocycles. The summed E-state index contributed by atoms with van der Waals surface area (Å²) in [5, 5.41) is 25.6. The van der Waals surface area contributed by atoms with E-state index < -0.39 is 0 Å². The van der Waals surface area contributed by atoms with Crippen molar-refractivity contribution in [3.8, 4) is 11.6 Å². The van der Waals surface area contributed by atoms with Gasteiger partial charge in [-0.05, 0) is 31.7 Å². The molecule has 0 aliphatic heterocycles. The first kappa shape index (κ1) is 18.4. The van der Waals surface area contributed by atoms with Crippen LogP contribution in [0.4, 0.5) is 11.6 Å². The third-order valence-electron chi connectivity index (χ3n) is 5.26. The van der Waals surface area contributed by atoms with Crippen LogP contribution in [0.3, 0.4) is 0 Å². The third-order valence-corrected chi connectivity index (χ3v) is 5.26. The Bertz CT molecular complexity index is 1150. The average molecular weight is 407 g/mol. The Morgan fingerprint density at radius 1 is 1.10 bits per heavy atom. The van der Waals surface area contributed by atoms with Crippen LogP contribution in [0.25, 0.3) is 16.9 Å². The topological polar surface area (TPSA) is 129 Å². The van der Waals surface area contributed by atoms with E-state index in [9.17, 15) is 5.11 Å². The van der Waals surface area contributed by atoms with Crippen LogP contribution in [0.1, 0.15) is 31.7 Å². The van der Waals surface area contributed by atoms with Gasteiger partial charge in [-0.2, -0.15) is 14.8 Å². The first-order valence-electron chi connectivity index (χ1n) is 9.78. The highest BCUT2D eigenvalue weighted by atomic mass is 16.5. The maximum atomic E-state index is 9.69. The number of rotatable bonds is 5. The van der Waals surface area contributed by atoms with Crippen molar-refractivity contribution in [1.82, 2.24) is 39.7 Å². The molecule has 0 bridgehead atoms. The van der Waals surface area contributed by atoms with Gasteiger partial charge in [0.1, 0.15) is 0 Å². The zero-order chi connectivity index (χ0) is 20.5. The normalized spacial score (nSPS) is 19.1. The molecule has 11 nitrogen and oxygen atoms in total. The molecule has 4 aromatic heterocycles. The summed E-state index contributed by atoms with van der Waals surface area (Å²) in [5.74, 6) is 0.941. The molecule has 1 saturated carbocycles. The van der Waals surface area contributed by atoms with E-state index in [2.05, 4.69) is 35.7 Å². The molecular formula is C19H21N9O2. The number of ether oxygens (including phenoxy) is 1. The van der Waals surface area contributed by atoms with Crippen molar-refractivity contribution in [1.29, 1.82) is 0 Å².